The summed E-state index contributed by atoms with van der Waals surface area (Å²) in [6, 6.07) is 20.7. The van der Waals surface area contributed by atoms with Crippen molar-refractivity contribution < 1.29 is 14.3 Å². The van der Waals surface area contributed by atoms with E-state index in [2.05, 4.69) is 10.4 Å². The number of aliphatic hydroxyl groups excluding tert-OH is 1. The predicted octanol–water partition coefficient (Wildman–Crippen LogP) is 4.73. The lowest BCUT2D eigenvalue weighted by atomic mass is 10.1. The Bertz CT molecular complexity index is 1200. The third-order valence-corrected chi connectivity index (χ3v) is 4.71. The van der Waals surface area contributed by atoms with E-state index in [1.165, 1.54) is 12.1 Å². The number of amides is 1. The van der Waals surface area contributed by atoms with Gasteiger partial charge in [-0.15, -0.1) is 0 Å². The average molecular weight is 401 g/mol. The van der Waals surface area contributed by atoms with E-state index in [9.17, 15) is 14.3 Å². The third-order valence-electron chi connectivity index (χ3n) is 4.71. The maximum absolute atomic E-state index is 13.3. The molecule has 5 nitrogen and oxygen atoms in total. The molecule has 30 heavy (non-hydrogen) atoms. The molecule has 1 amide bonds. The molecule has 0 unspecified atom stereocenters. The Morgan fingerprint density at radius 3 is 2.57 bits per heavy atom. The van der Waals surface area contributed by atoms with Gasteiger partial charge in [-0.1, -0.05) is 35.9 Å². The Labute approximate surface area is 173 Å². The van der Waals surface area contributed by atoms with Crippen molar-refractivity contribution in [2.45, 2.75) is 13.5 Å². The molecule has 4 aromatic rings. The van der Waals surface area contributed by atoms with Gasteiger partial charge in [0.15, 0.2) is 0 Å². The van der Waals surface area contributed by atoms with Gasteiger partial charge in [-0.05, 0) is 55.0 Å². The molecule has 0 aliphatic carbocycles. The van der Waals surface area contributed by atoms with Crippen molar-refractivity contribution in [3.8, 4) is 16.9 Å². The molecule has 2 N–H and O–H groups in total. The van der Waals surface area contributed by atoms with Gasteiger partial charge in [0.05, 0.1) is 17.9 Å². The van der Waals surface area contributed by atoms with E-state index >= 15 is 0 Å². The maximum Gasteiger partial charge on any atom is 0.259 e. The van der Waals surface area contributed by atoms with E-state index in [1.54, 1.807) is 47.3 Å². The van der Waals surface area contributed by atoms with Crippen LogP contribution >= 0.6 is 0 Å². The lowest BCUT2D eigenvalue weighted by molar-refractivity contribution is 0.102. The number of nitrogens with zero attached hydrogens (tertiary/aromatic N) is 2. The van der Waals surface area contributed by atoms with Crippen LogP contribution in [-0.4, -0.2) is 20.8 Å². The highest BCUT2D eigenvalue weighted by Crippen LogP contribution is 2.26. The van der Waals surface area contributed by atoms with Crippen molar-refractivity contribution in [3.05, 3.63) is 102 Å². The summed E-state index contributed by atoms with van der Waals surface area (Å²) in [6.07, 6.45) is 1.64. The minimum atomic E-state index is -0.341. The van der Waals surface area contributed by atoms with E-state index in [0.29, 0.717) is 28.2 Å². The van der Waals surface area contributed by atoms with Crippen LogP contribution < -0.4 is 5.32 Å². The number of anilines is 1. The van der Waals surface area contributed by atoms with Crippen LogP contribution in [0.2, 0.25) is 0 Å². The number of hydrogen-bond donors (Lipinski definition) is 2. The van der Waals surface area contributed by atoms with E-state index in [0.717, 1.165) is 11.1 Å². The van der Waals surface area contributed by atoms with Gasteiger partial charge in [-0.2, -0.15) is 5.10 Å². The second kappa shape index (κ2) is 8.31. The number of hydrogen-bond acceptors (Lipinski definition) is 3. The zero-order valence-electron chi connectivity index (χ0n) is 16.3. The van der Waals surface area contributed by atoms with Crippen molar-refractivity contribution in [1.29, 1.82) is 0 Å². The van der Waals surface area contributed by atoms with Crippen LogP contribution in [0.3, 0.4) is 0 Å². The molecule has 0 atom stereocenters. The zero-order chi connectivity index (χ0) is 21.1. The SMILES string of the molecule is Cc1cccc(-c2nn(-c3ccc(F)cc3)cc2C(=O)Nc2cccc(CO)c2)c1. The highest BCUT2D eigenvalue weighted by atomic mass is 19.1. The Hall–Kier alpha value is -3.77. The van der Waals surface area contributed by atoms with Crippen LogP contribution in [-0.2, 0) is 6.61 Å². The molecule has 0 radical (unpaired) electrons. The number of carbonyl (C=O) groups is 1. The minimum absolute atomic E-state index is 0.110. The molecule has 0 spiro atoms. The molecule has 0 fully saturated rings. The zero-order valence-corrected chi connectivity index (χ0v) is 16.3. The normalized spacial score (nSPS) is 10.8. The van der Waals surface area contributed by atoms with Gasteiger partial charge in [0.2, 0.25) is 0 Å². The van der Waals surface area contributed by atoms with E-state index in [1.807, 2.05) is 31.2 Å². The van der Waals surface area contributed by atoms with Crippen LogP contribution in [0.15, 0.2) is 79.0 Å². The molecule has 4 rings (SSSR count). The van der Waals surface area contributed by atoms with Gasteiger partial charge in [0.25, 0.3) is 5.91 Å². The number of rotatable bonds is 5. The van der Waals surface area contributed by atoms with Gasteiger partial charge in [0, 0.05) is 17.4 Å². The number of nitrogens with one attached hydrogen (secondary N) is 1. The minimum Gasteiger partial charge on any atom is -0.392 e. The Balaban J connectivity index is 1.76. The summed E-state index contributed by atoms with van der Waals surface area (Å²) in [6.45, 7) is 1.86. The van der Waals surface area contributed by atoms with Crippen molar-refractivity contribution in [2.24, 2.45) is 0 Å². The number of benzene rings is 3. The van der Waals surface area contributed by atoms with Gasteiger partial charge in [-0.3, -0.25) is 4.79 Å². The first kappa shape index (κ1) is 19.5. The molecule has 1 heterocycles. The molecule has 0 bridgehead atoms. The number of carbonyl (C=O) groups excluding carboxylic acids is 1. The highest BCUT2D eigenvalue weighted by molar-refractivity contribution is 6.08. The highest BCUT2D eigenvalue weighted by Gasteiger charge is 2.19. The molecule has 0 saturated heterocycles. The van der Waals surface area contributed by atoms with Crippen LogP contribution in [0, 0.1) is 12.7 Å². The van der Waals surface area contributed by atoms with Crippen LogP contribution in [0.25, 0.3) is 16.9 Å². The fourth-order valence-electron chi connectivity index (χ4n) is 3.22. The summed E-state index contributed by atoms with van der Waals surface area (Å²) >= 11 is 0. The smallest absolute Gasteiger partial charge is 0.259 e. The predicted molar refractivity (Wildman–Crippen MR) is 114 cm³/mol. The molecule has 1 aromatic heterocycles. The molecule has 0 aliphatic heterocycles. The number of aliphatic hydroxyl groups is 1. The Morgan fingerprint density at radius 1 is 1.07 bits per heavy atom. The lowest BCUT2D eigenvalue weighted by Gasteiger charge is -2.07. The summed E-state index contributed by atoms with van der Waals surface area (Å²) in [7, 11) is 0. The Morgan fingerprint density at radius 2 is 1.83 bits per heavy atom. The summed E-state index contributed by atoms with van der Waals surface area (Å²) in [5.74, 6) is -0.665. The average Bonchev–Trinajstić information content (AvgIpc) is 3.20. The molecule has 0 aliphatic rings. The quantitative estimate of drug-likeness (QED) is 0.508. The van der Waals surface area contributed by atoms with Crippen molar-refractivity contribution >= 4 is 11.6 Å². The maximum atomic E-state index is 13.3. The third kappa shape index (κ3) is 4.14. The molecule has 6 heteroatoms. The van der Waals surface area contributed by atoms with Gasteiger partial charge in [-0.25, -0.2) is 9.07 Å². The fourth-order valence-corrected chi connectivity index (χ4v) is 3.22. The summed E-state index contributed by atoms with van der Waals surface area (Å²) < 4.78 is 14.9. The van der Waals surface area contributed by atoms with Gasteiger partial charge >= 0.3 is 0 Å². The largest absolute Gasteiger partial charge is 0.392 e. The standard InChI is InChI=1S/C24H20FN3O2/c1-16-4-2-6-18(12-16)23-22(14-28(27-23)21-10-8-19(25)9-11-21)24(30)26-20-7-3-5-17(13-20)15-29/h2-14,29H,15H2,1H3,(H,26,30). The second-order valence-electron chi connectivity index (χ2n) is 6.99. The van der Waals surface area contributed by atoms with Crippen molar-refractivity contribution in [2.75, 3.05) is 5.32 Å². The first-order chi connectivity index (χ1) is 14.5. The molecular weight excluding hydrogens is 381 g/mol. The summed E-state index contributed by atoms with van der Waals surface area (Å²) in [5.41, 5.74) is 4.70. The fraction of sp³-hybridized carbons (Fsp3) is 0.0833. The first-order valence-electron chi connectivity index (χ1n) is 9.47. The summed E-state index contributed by atoms with van der Waals surface area (Å²) in [4.78, 5) is 13.1. The number of aryl methyl sites for hydroxylation is 1. The van der Waals surface area contributed by atoms with Gasteiger partial charge in [0.1, 0.15) is 11.5 Å². The number of aromatic nitrogens is 2. The molecular formula is C24H20FN3O2. The van der Waals surface area contributed by atoms with Crippen LogP contribution in [0.5, 0.6) is 0 Å². The monoisotopic (exact) mass is 401 g/mol. The van der Waals surface area contributed by atoms with E-state index in [4.69, 9.17) is 0 Å². The molecule has 3 aromatic carbocycles. The second-order valence-corrected chi connectivity index (χ2v) is 6.99. The number of halogens is 1. The summed E-state index contributed by atoms with van der Waals surface area (Å²) in [5, 5.41) is 16.8. The van der Waals surface area contributed by atoms with Crippen LogP contribution in [0.4, 0.5) is 10.1 Å². The topological polar surface area (TPSA) is 67.2 Å². The lowest BCUT2D eigenvalue weighted by Crippen LogP contribution is -2.12. The van der Waals surface area contributed by atoms with E-state index in [-0.39, 0.29) is 18.3 Å². The van der Waals surface area contributed by atoms with Crippen molar-refractivity contribution in [3.63, 3.8) is 0 Å². The Kier molecular flexibility index (Phi) is 5.41. The van der Waals surface area contributed by atoms with Gasteiger partial charge < -0.3 is 10.4 Å². The van der Waals surface area contributed by atoms with E-state index < -0.39 is 0 Å². The molecule has 0 saturated carbocycles. The van der Waals surface area contributed by atoms with Crippen molar-refractivity contribution in [1.82, 2.24) is 9.78 Å². The first-order valence-corrected chi connectivity index (χ1v) is 9.47. The van der Waals surface area contributed by atoms with Crippen LogP contribution in [0.1, 0.15) is 21.5 Å². The molecule has 150 valence electrons.